The number of aryl methyl sites for hydroxylation is 1. The number of hydrogen-bond donors (Lipinski definition) is 0. The minimum atomic E-state index is -1.18. The minimum absolute atomic E-state index is 0.260. The average molecular weight is 497 g/mol. The third-order valence-electron chi connectivity index (χ3n) is 4.76. The fourth-order valence-electron chi connectivity index (χ4n) is 3.21. The first-order valence-electron chi connectivity index (χ1n) is 10.9. The van der Waals surface area contributed by atoms with E-state index >= 15 is 0 Å². The van der Waals surface area contributed by atoms with Gasteiger partial charge in [-0.1, -0.05) is 29.5 Å². The van der Waals surface area contributed by atoms with Gasteiger partial charge in [0.15, 0.2) is 18.3 Å². The second kappa shape index (κ2) is 11.7. The number of benzene rings is 1. The topological polar surface area (TPSA) is 114 Å². The quantitative estimate of drug-likeness (QED) is 0.412. The third-order valence-corrected chi connectivity index (χ3v) is 5.92. The molecule has 10 heteroatoms. The first-order chi connectivity index (χ1) is 15.8. The van der Waals surface area contributed by atoms with Gasteiger partial charge in [0.05, 0.1) is 5.41 Å². The summed E-state index contributed by atoms with van der Waals surface area (Å²) in [6, 6.07) is 7.59. The van der Waals surface area contributed by atoms with Crippen LogP contribution >= 0.6 is 11.8 Å². The van der Waals surface area contributed by atoms with Crippen molar-refractivity contribution in [2.75, 3.05) is 6.61 Å². The molecule has 0 aromatic heterocycles. The Balaban J connectivity index is 2.43. The summed E-state index contributed by atoms with van der Waals surface area (Å²) in [5.41, 5.74) is -0.553. The molecule has 2 rings (SSSR count). The van der Waals surface area contributed by atoms with Gasteiger partial charge in [-0.05, 0) is 39.8 Å². The summed E-state index contributed by atoms with van der Waals surface area (Å²) in [6.07, 6.45) is -4.42. The molecule has 0 bridgehead atoms. The van der Waals surface area contributed by atoms with Crippen LogP contribution < -0.4 is 0 Å². The van der Waals surface area contributed by atoms with Crippen LogP contribution in [-0.4, -0.2) is 60.3 Å². The molecule has 1 aliphatic heterocycles. The highest BCUT2D eigenvalue weighted by atomic mass is 32.2. The van der Waals surface area contributed by atoms with Gasteiger partial charge in [0.25, 0.3) is 0 Å². The number of ether oxygens (including phenoxy) is 5. The molecule has 0 amide bonds. The Morgan fingerprint density at radius 1 is 0.853 bits per heavy atom. The van der Waals surface area contributed by atoms with Crippen LogP contribution in [0.4, 0.5) is 0 Å². The maximum Gasteiger partial charge on any atom is 0.311 e. The van der Waals surface area contributed by atoms with Crippen LogP contribution in [0.5, 0.6) is 0 Å². The van der Waals surface area contributed by atoms with E-state index in [2.05, 4.69) is 0 Å². The lowest BCUT2D eigenvalue weighted by atomic mass is 9.97. The normalized spacial score (nSPS) is 24.6. The number of esters is 4. The lowest BCUT2D eigenvalue weighted by molar-refractivity contribution is -0.238. The van der Waals surface area contributed by atoms with Crippen molar-refractivity contribution < 1.29 is 42.9 Å². The van der Waals surface area contributed by atoms with Crippen LogP contribution in [0.25, 0.3) is 0 Å². The molecule has 188 valence electrons. The van der Waals surface area contributed by atoms with Crippen molar-refractivity contribution in [2.45, 2.75) is 83.2 Å². The fourth-order valence-corrected chi connectivity index (χ4v) is 4.31. The molecular formula is C24H32O9S. The number of rotatable bonds is 7. The number of hydrogen-bond acceptors (Lipinski definition) is 10. The zero-order valence-electron chi connectivity index (χ0n) is 20.5. The first-order valence-corrected chi connectivity index (χ1v) is 11.7. The molecule has 0 saturated carbocycles. The zero-order valence-corrected chi connectivity index (χ0v) is 21.3. The lowest BCUT2D eigenvalue weighted by Gasteiger charge is -2.44. The highest BCUT2D eigenvalue weighted by Gasteiger charge is 2.52. The number of carbonyl (C=O) groups is 4. The van der Waals surface area contributed by atoms with Crippen LogP contribution in [0.15, 0.2) is 29.2 Å². The molecule has 34 heavy (non-hydrogen) atoms. The van der Waals surface area contributed by atoms with Crippen molar-refractivity contribution in [3.05, 3.63) is 29.8 Å². The molecule has 9 nitrogen and oxygen atoms in total. The number of carbonyl (C=O) groups excluding carboxylic acids is 4. The van der Waals surface area contributed by atoms with E-state index in [1.165, 1.54) is 32.5 Å². The molecule has 1 aromatic carbocycles. The Morgan fingerprint density at radius 3 is 1.85 bits per heavy atom. The van der Waals surface area contributed by atoms with Gasteiger partial charge in [0.2, 0.25) is 0 Å². The predicted molar refractivity (Wildman–Crippen MR) is 123 cm³/mol. The Kier molecular flexibility index (Phi) is 9.52. The summed E-state index contributed by atoms with van der Waals surface area (Å²) in [5.74, 6) is -2.43. The summed E-state index contributed by atoms with van der Waals surface area (Å²) in [4.78, 5) is 48.9. The smallest absolute Gasteiger partial charge is 0.311 e. The van der Waals surface area contributed by atoms with E-state index in [0.717, 1.165) is 10.5 Å². The molecule has 1 aliphatic rings. The highest BCUT2D eigenvalue weighted by Crippen LogP contribution is 2.37. The zero-order chi connectivity index (χ0) is 25.6. The van der Waals surface area contributed by atoms with Crippen molar-refractivity contribution in [1.29, 1.82) is 0 Å². The van der Waals surface area contributed by atoms with E-state index in [9.17, 15) is 19.2 Å². The van der Waals surface area contributed by atoms with E-state index in [1.54, 1.807) is 20.8 Å². The highest BCUT2D eigenvalue weighted by molar-refractivity contribution is 7.99. The Labute approximate surface area is 203 Å². The molecule has 0 aliphatic carbocycles. The standard InChI is InChI=1S/C24H32O9S/c1-13-8-10-17(11-9-13)34-22-21(32-16(4)27)20(31-15(3)26)19(30-14(2)25)18(33-22)12-29-23(28)24(5,6)7/h8-11,18-22H,12H2,1-7H3/t18-,19+,20+,21-,22+/m1/s1. The molecular weight excluding hydrogens is 464 g/mol. The summed E-state index contributed by atoms with van der Waals surface area (Å²) < 4.78 is 28.0. The van der Waals surface area contributed by atoms with Crippen molar-refractivity contribution in [2.24, 2.45) is 5.41 Å². The molecule has 1 saturated heterocycles. The maximum absolute atomic E-state index is 12.4. The van der Waals surface area contributed by atoms with Crippen LogP contribution in [0.1, 0.15) is 47.1 Å². The van der Waals surface area contributed by atoms with E-state index in [-0.39, 0.29) is 6.61 Å². The molecule has 0 radical (unpaired) electrons. The van der Waals surface area contributed by atoms with E-state index in [4.69, 9.17) is 23.7 Å². The summed E-state index contributed by atoms with van der Waals surface area (Å²) in [6.45, 7) is 10.4. The average Bonchev–Trinajstić information content (AvgIpc) is 2.70. The maximum atomic E-state index is 12.4. The van der Waals surface area contributed by atoms with Crippen LogP contribution in [0, 0.1) is 12.3 Å². The first kappa shape index (κ1) is 27.7. The Hall–Kier alpha value is -2.59. The van der Waals surface area contributed by atoms with Crippen LogP contribution in [-0.2, 0) is 42.9 Å². The monoisotopic (exact) mass is 496 g/mol. The van der Waals surface area contributed by atoms with E-state index in [0.29, 0.717) is 0 Å². The lowest BCUT2D eigenvalue weighted by Crippen LogP contribution is -2.61. The Morgan fingerprint density at radius 2 is 1.35 bits per heavy atom. The van der Waals surface area contributed by atoms with E-state index in [1.807, 2.05) is 31.2 Å². The van der Waals surface area contributed by atoms with Crippen molar-refractivity contribution in [3.63, 3.8) is 0 Å². The number of thioether (sulfide) groups is 1. The second-order valence-electron chi connectivity index (χ2n) is 9.04. The Bertz CT molecular complexity index is 891. The second-order valence-corrected chi connectivity index (χ2v) is 10.2. The SMILES string of the molecule is CC(=O)O[C@H]1[C@@H](OC(C)=O)[C@@H](COC(=O)C(C)(C)C)O[C@@H](Sc2ccc(C)cc2)[C@@H]1OC(C)=O. The van der Waals surface area contributed by atoms with Gasteiger partial charge in [0.1, 0.15) is 18.1 Å². The minimum Gasteiger partial charge on any atom is -0.462 e. The summed E-state index contributed by atoms with van der Waals surface area (Å²) in [7, 11) is 0. The van der Waals surface area contributed by atoms with Crippen molar-refractivity contribution in [1.82, 2.24) is 0 Å². The van der Waals surface area contributed by atoms with Gasteiger partial charge >= 0.3 is 23.9 Å². The van der Waals surface area contributed by atoms with Crippen molar-refractivity contribution in [3.8, 4) is 0 Å². The predicted octanol–water partition coefficient (Wildman–Crippen LogP) is 3.20. The molecule has 1 aromatic rings. The summed E-state index contributed by atoms with van der Waals surface area (Å²) >= 11 is 1.25. The third kappa shape index (κ3) is 8.02. The molecule has 0 unspecified atom stereocenters. The van der Waals surface area contributed by atoms with E-state index < -0.39 is 59.1 Å². The van der Waals surface area contributed by atoms with Crippen LogP contribution in [0.3, 0.4) is 0 Å². The molecule has 0 N–H and O–H groups in total. The molecule has 0 spiro atoms. The van der Waals surface area contributed by atoms with Gasteiger partial charge in [-0.3, -0.25) is 19.2 Å². The van der Waals surface area contributed by atoms with Gasteiger partial charge in [-0.15, -0.1) is 0 Å². The van der Waals surface area contributed by atoms with Gasteiger partial charge in [-0.25, -0.2) is 0 Å². The van der Waals surface area contributed by atoms with Gasteiger partial charge in [0, 0.05) is 25.7 Å². The molecule has 1 fully saturated rings. The fraction of sp³-hybridized carbons (Fsp3) is 0.583. The molecule has 5 atom stereocenters. The van der Waals surface area contributed by atoms with Crippen molar-refractivity contribution >= 4 is 35.6 Å². The van der Waals surface area contributed by atoms with Crippen LogP contribution in [0.2, 0.25) is 0 Å². The molecule has 1 heterocycles. The van der Waals surface area contributed by atoms with Gasteiger partial charge < -0.3 is 23.7 Å². The summed E-state index contributed by atoms with van der Waals surface area (Å²) in [5, 5.41) is 0. The van der Waals surface area contributed by atoms with Gasteiger partial charge in [-0.2, -0.15) is 0 Å². The largest absolute Gasteiger partial charge is 0.462 e.